The van der Waals surface area contributed by atoms with Crippen molar-refractivity contribution in [2.45, 2.75) is 38.2 Å². The van der Waals surface area contributed by atoms with E-state index in [2.05, 4.69) is 29.1 Å². The molecule has 242 valence electrons. The maximum absolute atomic E-state index is 15.2. The Bertz CT molecular complexity index is 2080. The number of carbonyl (C=O) groups is 2. The van der Waals surface area contributed by atoms with Gasteiger partial charge < -0.3 is 15.3 Å². The lowest BCUT2D eigenvalue weighted by Crippen LogP contribution is -2.34. The van der Waals surface area contributed by atoms with Gasteiger partial charge in [0.1, 0.15) is 18.4 Å². The maximum Gasteiger partial charge on any atom is 0.321 e. The topological polar surface area (TPSA) is 134 Å². The minimum Gasteiger partial charge on any atom is -0.391 e. The van der Waals surface area contributed by atoms with Crippen LogP contribution in [0.5, 0.6) is 0 Å². The Morgan fingerprint density at radius 2 is 1.79 bits per heavy atom. The lowest BCUT2D eigenvalue weighted by atomic mass is 9.95. The van der Waals surface area contributed by atoms with E-state index in [9.17, 15) is 23.1 Å². The molecule has 2 unspecified atom stereocenters. The van der Waals surface area contributed by atoms with Crippen molar-refractivity contribution in [3.05, 3.63) is 96.1 Å². The van der Waals surface area contributed by atoms with E-state index in [1.54, 1.807) is 55.5 Å². The van der Waals surface area contributed by atoms with Crippen molar-refractivity contribution < 1.29 is 27.5 Å². The largest absolute Gasteiger partial charge is 0.391 e. The molecular weight excluding hydrogens is 621 g/mol. The van der Waals surface area contributed by atoms with Crippen LogP contribution in [0.25, 0.3) is 33.5 Å². The number of urea groups is 1. The maximum atomic E-state index is 15.2. The quantitative estimate of drug-likeness (QED) is 0.192. The number of nitrogens with one attached hydrogen (secondary N) is 1. The van der Waals surface area contributed by atoms with Crippen LogP contribution >= 0.6 is 0 Å². The Kier molecular flexibility index (Phi) is 8.64. The van der Waals surface area contributed by atoms with Gasteiger partial charge in [-0.1, -0.05) is 56.3 Å². The van der Waals surface area contributed by atoms with Crippen LogP contribution in [0, 0.1) is 24.6 Å². The molecule has 1 saturated heterocycles. The zero-order valence-electron chi connectivity index (χ0n) is 26.1. The van der Waals surface area contributed by atoms with E-state index in [4.69, 9.17) is 0 Å². The second-order valence-corrected chi connectivity index (χ2v) is 14.0. The number of nitrogens with zero attached hydrogens (tertiary/aromatic N) is 4. The normalized spacial score (nSPS) is 16.6. The van der Waals surface area contributed by atoms with Crippen LogP contribution in [-0.4, -0.2) is 63.9 Å². The van der Waals surface area contributed by atoms with E-state index in [-0.39, 0.29) is 40.1 Å². The van der Waals surface area contributed by atoms with Gasteiger partial charge in [0.25, 0.3) is 10.0 Å². The van der Waals surface area contributed by atoms with Gasteiger partial charge in [-0.05, 0) is 60.7 Å². The van der Waals surface area contributed by atoms with Gasteiger partial charge in [-0.2, -0.15) is 0 Å². The second kappa shape index (κ2) is 12.7. The van der Waals surface area contributed by atoms with Gasteiger partial charge in [0.05, 0.1) is 22.4 Å². The van der Waals surface area contributed by atoms with Crippen LogP contribution in [0.2, 0.25) is 0 Å². The number of β-amino-alcohol motifs (C(OH)–C–C–N with tert-alkyl or cyclic N) is 1. The minimum absolute atomic E-state index is 0.0398. The molecule has 1 fully saturated rings. The zero-order chi connectivity index (χ0) is 33.5. The fraction of sp³-hybridized carbons (Fsp3) is 0.257. The smallest absolute Gasteiger partial charge is 0.321 e. The molecule has 2 atom stereocenters. The summed E-state index contributed by atoms with van der Waals surface area (Å²) in [6.07, 6.45) is 2.06. The zero-order valence-corrected chi connectivity index (χ0v) is 26.9. The number of aliphatic hydroxyl groups excluding tert-OH is 1. The summed E-state index contributed by atoms with van der Waals surface area (Å²) in [6, 6.07) is 18.1. The third kappa shape index (κ3) is 6.13. The lowest BCUT2D eigenvalue weighted by Gasteiger charge is -2.19. The molecule has 0 bridgehead atoms. The van der Waals surface area contributed by atoms with Crippen LogP contribution in [0.4, 0.5) is 14.9 Å². The summed E-state index contributed by atoms with van der Waals surface area (Å²) >= 11 is 0. The van der Waals surface area contributed by atoms with Gasteiger partial charge in [-0.15, -0.1) is 0 Å². The molecule has 10 nitrogen and oxygen atoms in total. The molecular formula is C35H34FN5O5S. The third-order valence-electron chi connectivity index (χ3n) is 8.52. The SMILES string of the molecule is Cc1c(NC(=O)N2CC(O)C(CC(C)C)C2)cc(F)cc1-c1ncnc2c1cc(-c1ccc(C=O)cc1)n2S(=O)(=O)c1ccccc1. The first-order valence-electron chi connectivity index (χ1n) is 15.2. The van der Waals surface area contributed by atoms with Gasteiger partial charge in [-0.25, -0.2) is 31.5 Å². The molecule has 0 spiro atoms. The molecule has 47 heavy (non-hydrogen) atoms. The van der Waals surface area contributed by atoms with Crippen LogP contribution < -0.4 is 5.32 Å². The highest BCUT2D eigenvalue weighted by molar-refractivity contribution is 7.90. The monoisotopic (exact) mass is 655 g/mol. The average Bonchev–Trinajstić information content (AvgIpc) is 3.63. The van der Waals surface area contributed by atoms with E-state index < -0.39 is 28.0 Å². The summed E-state index contributed by atoms with van der Waals surface area (Å²) in [5.41, 5.74) is 2.61. The molecule has 3 aromatic carbocycles. The first-order valence-corrected chi connectivity index (χ1v) is 16.7. The van der Waals surface area contributed by atoms with Crippen molar-refractivity contribution in [2.75, 3.05) is 18.4 Å². The van der Waals surface area contributed by atoms with Crippen LogP contribution in [-0.2, 0) is 10.0 Å². The Balaban J connectivity index is 1.46. The number of carbonyl (C=O) groups excluding carboxylic acids is 2. The van der Waals surface area contributed by atoms with Gasteiger partial charge in [0, 0.05) is 41.2 Å². The summed E-state index contributed by atoms with van der Waals surface area (Å²) in [4.78, 5) is 35.0. The highest BCUT2D eigenvalue weighted by atomic mass is 32.2. The molecule has 0 saturated carbocycles. The number of aromatic nitrogens is 3. The van der Waals surface area contributed by atoms with Gasteiger partial charge in [0.15, 0.2) is 5.65 Å². The van der Waals surface area contributed by atoms with E-state index in [0.717, 1.165) is 10.4 Å². The van der Waals surface area contributed by atoms with Crippen molar-refractivity contribution in [2.24, 2.45) is 11.8 Å². The summed E-state index contributed by atoms with van der Waals surface area (Å²) in [6.45, 7) is 6.41. The fourth-order valence-electron chi connectivity index (χ4n) is 6.19. The molecule has 0 aliphatic carbocycles. The number of hydrogen-bond donors (Lipinski definition) is 2. The standard InChI is InChI=1S/C35H34FN5O5S/c1-21(2)13-25-17-40(18-32(25)43)35(44)39-30-15-26(36)14-28(22(30)3)33-29-16-31(24-11-9-23(19-42)10-12-24)41(34(29)38-20-37-33)47(45,46)27-7-5-4-6-8-27/h4-12,14-16,19-21,25,32,43H,13,17-18H2,1-3H3,(H,39,44). The molecule has 0 radical (unpaired) electrons. The molecule has 1 aliphatic heterocycles. The molecule has 5 aromatic rings. The molecule has 6 rings (SSSR count). The van der Waals surface area contributed by atoms with Crippen molar-refractivity contribution in [1.82, 2.24) is 18.8 Å². The number of likely N-dealkylation sites (tertiary alicyclic amines) is 1. The minimum atomic E-state index is -4.18. The number of aliphatic hydroxyl groups is 1. The number of benzene rings is 3. The van der Waals surface area contributed by atoms with Crippen molar-refractivity contribution in [3.8, 4) is 22.5 Å². The Labute approximate surface area is 272 Å². The van der Waals surface area contributed by atoms with Crippen LogP contribution in [0.3, 0.4) is 0 Å². The van der Waals surface area contributed by atoms with Crippen molar-refractivity contribution in [3.63, 3.8) is 0 Å². The molecule has 2 N–H and O–H groups in total. The van der Waals surface area contributed by atoms with Gasteiger partial charge >= 0.3 is 6.03 Å². The van der Waals surface area contributed by atoms with E-state index in [1.165, 1.54) is 35.5 Å². The number of fused-ring (bicyclic) bond motifs is 1. The molecule has 2 aromatic heterocycles. The number of rotatable bonds is 8. The van der Waals surface area contributed by atoms with Crippen molar-refractivity contribution in [1.29, 1.82) is 0 Å². The Morgan fingerprint density at radius 1 is 1.06 bits per heavy atom. The average molecular weight is 656 g/mol. The predicted octanol–water partition coefficient (Wildman–Crippen LogP) is 6.13. The number of amides is 2. The highest BCUT2D eigenvalue weighted by Gasteiger charge is 2.34. The van der Waals surface area contributed by atoms with E-state index >= 15 is 4.39 Å². The van der Waals surface area contributed by atoms with Crippen molar-refractivity contribution >= 4 is 39.1 Å². The van der Waals surface area contributed by atoms with E-state index in [1.807, 2.05) is 0 Å². The number of aldehydes is 1. The predicted molar refractivity (Wildman–Crippen MR) is 177 cm³/mol. The summed E-state index contributed by atoms with van der Waals surface area (Å²) < 4.78 is 44.6. The molecule has 3 heterocycles. The Morgan fingerprint density at radius 3 is 2.47 bits per heavy atom. The van der Waals surface area contributed by atoms with Gasteiger partial charge in [-0.3, -0.25) is 4.79 Å². The fourth-order valence-corrected chi connectivity index (χ4v) is 7.69. The summed E-state index contributed by atoms with van der Waals surface area (Å²) in [5.74, 6) is -0.309. The van der Waals surface area contributed by atoms with Crippen LogP contribution in [0.15, 0.2) is 84.0 Å². The highest BCUT2D eigenvalue weighted by Crippen LogP contribution is 2.38. The number of hydrogen-bond acceptors (Lipinski definition) is 7. The molecule has 2 amide bonds. The Hall–Kier alpha value is -4.94. The summed E-state index contributed by atoms with van der Waals surface area (Å²) in [7, 11) is -4.18. The first kappa shape index (κ1) is 32.0. The number of halogens is 1. The third-order valence-corrected chi connectivity index (χ3v) is 10.2. The lowest BCUT2D eigenvalue weighted by molar-refractivity contribution is 0.112. The number of anilines is 1. The molecule has 1 aliphatic rings. The first-order chi connectivity index (χ1) is 22.5. The van der Waals surface area contributed by atoms with Crippen LogP contribution in [0.1, 0.15) is 36.2 Å². The molecule has 12 heteroatoms. The second-order valence-electron chi connectivity index (χ2n) is 12.2. The summed E-state index contributed by atoms with van der Waals surface area (Å²) in [5, 5.41) is 13.7. The van der Waals surface area contributed by atoms with Gasteiger partial charge in [0.2, 0.25) is 0 Å². The van der Waals surface area contributed by atoms with E-state index in [0.29, 0.717) is 46.4 Å².